The maximum Gasteiger partial charge on any atom is 0.257 e. The lowest BCUT2D eigenvalue weighted by molar-refractivity contribution is -0.121. The van der Waals surface area contributed by atoms with Gasteiger partial charge in [-0.1, -0.05) is 17.7 Å². The quantitative estimate of drug-likeness (QED) is 0.824. The highest BCUT2D eigenvalue weighted by molar-refractivity contribution is 6.31. The first-order valence-corrected chi connectivity index (χ1v) is 9.77. The number of hydrogen-bond donors (Lipinski definition) is 1. The fraction of sp³-hybridized carbons (Fsp3) is 0.364. The predicted octanol–water partition coefficient (Wildman–Crippen LogP) is 4.46. The van der Waals surface area contributed by atoms with E-state index in [4.69, 9.17) is 16.3 Å². The molecular weight excluding hydrogens is 376 g/mol. The molecule has 2 amide bonds. The van der Waals surface area contributed by atoms with Crippen molar-refractivity contribution in [2.24, 2.45) is 5.92 Å². The Hall–Kier alpha value is -2.53. The Kier molecular flexibility index (Phi) is 6.25. The second-order valence-electron chi connectivity index (χ2n) is 7.28. The highest BCUT2D eigenvalue weighted by Gasteiger charge is 2.29. The molecular formula is C22H25ClN2O3. The van der Waals surface area contributed by atoms with Crippen LogP contribution in [0.15, 0.2) is 36.4 Å². The molecule has 1 N–H and O–H groups in total. The van der Waals surface area contributed by atoms with E-state index in [0.29, 0.717) is 42.3 Å². The molecule has 0 bridgehead atoms. The zero-order valence-corrected chi connectivity index (χ0v) is 17.2. The Labute approximate surface area is 170 Å². The number of methoxy groups -OCH3 is 1. The zero-order chi connectivity index (χ0) is 20.3. The summed E-state index contributed by atoms with van der Waals surface area (Å²) in [6, 6.07) is 11.0. The molecule has 0 aliphatic carbocycles. The van der Waals surface area contributed by atoms with E-state index in [1.54, 1.807) is 23.1 Å². The van der Waals surface area contributed by atoms with Crippen molar-refractivity contribution >= 4 is 29.1 Å². The largest absolute Gasteiger partial charge is 0.496 e. The van der Waals surface area contributed by atoms with Crippen molar-refractivity contribution in [3.63, 3.8) is 0 Å². The summed E-state index contributed by atoms with van der Waals surface area (Å²) in [4.78, 5) is 27.2. The third kappa shape index (κ3) is 4.65. The third-order valence-electron chi connectivity index (χ3n) is 5.03. The normalized spacial score (nSPS) is 14.6. The SMILES string of the molecule is COc1ccc(Cl)cc1C(=O)N1CCC(C(=O)Nc2cc(C)cc(C)c2)CC1. The van der Waals surface area contributed by atoms with Crippen molar-refractivity contribution in [2.45, 2.75) is 26.7 Å². The second-order valence-corrected chi connectivity index (χ2v) is 7.71. The molecule has 1 fully saturated rings. The highest BCUT2D eigenvalue weighted by Crippen LogP contribution is 2.27. The van der Waals surface area contributed by atoms with Crippen LogP contribution in [0.3, 0.4) is 0 Å². The number of nitrogens with zero attached hydrogens (tertiary/aromatic N) is 1. The molecule has 1 aliphatic rings. The van der Waals surface area contributed by atoms with E-state index in [2.05, 4.69) is 11.4 Å². The van der Waals surface area contributed by atoms with Gasteiger partial charge in [0.15, 0.2) is 0 Å². The molecule has 148 valence electrons. The van der Waals surface area contributed by atoms with Crippen molar-refractivity contribution in [3.8, 4) is 5.75 Å². The van der Waals surface area contributed by atoms with Gasteiger partial charge in [0.05, 0.1) is 12.7 Å². The summed E-state index contributed by atoms with van der Waals surface area (Å²) in [5, 5.41) is 3.51. The lowest BCUT2D eigenvalue weighted by Gasteiger charge is -2.31. The van der Waals surface area contributed by atoms with Crippen LogP contribution in [0.5, 0.6) is 5.75 Å². The van der Waals surface area contributed by atoms with Crippen molar-refractivity contribution in [2.75, 3.05) is 25.5 Å². The molecule has 0 unspecified atom stereocenters. The number of halogens is 1. The molecule has 2 aromatic rings. The first kappa shape index (κ1) is 20.2. The lowest BCUT2D eigenvalue weighted by atomic mass is 9.95. The van der Waals surface area contributed by atoms with E-state index in [-0.39, 0.29) is 17.7 Å². The number of carbonyl (C=O) groups excluding carboxylic acids is 2. The molecule has 3 rings (SSSR count). The summed E-state index contributed by atoms with van der Waals surface area (Å²) in [6.45, 7) is 5.08. The van der Waals surface area contributed by atoms with Gasteiger partial charge in [-0.15, -0.1) is 0 Å². The van der Waals surface area contributed by atoms with Crippen molar-refractivity contribution in [3.05, 3.63) is 58.1 Å². The van der Waals surface area contributed by atoms with Gasteiger partial charge in [0.25, 0.3) is 5.91 Å². The van der Waals surface area contributed by atoms with Gasteiger partial charge in [-0.25, -0.2) is 0 Å². The van der Waals surface area contributed by atoms with Crippen molar-refractivity contribution in [1.29, 1.82) is 0 Å². The minimum atomic E-state index is -0.118. The van der Waals surface area contributed by atoms with Gasteiger partial charge >= 0.3 is 0 Å². The molecule has 5 nitrogen and oxygen atoms in total. The molecule has 28 heavy (non-hydrogen) atoms. The van der Waals surface area contributed by atoms with Gasteiger partial charge in [-0.2, -0.15) is 0 Å². The van der Waals surface area contributed by atoms with Gasteiger partial charge < -0.3 is 15.0 Å². The molecule has 1 saturated heterocycles. The molecule has 0 saturated carbocycles. The van der Waals surface area contributed by atoms with E-state index < -0.39 is 0 Å². The number of carbonyl (C=O) groups is 2. The maximum atomic E-state index is 12.9. The highest BCUT2D eigenvalue weighted by atomic mass is 35.5. The Bertz CT molecular complexity index is 869. The Balaban J connectivity index is 1.62. The summed E-state index contributed by atoms with van der Waals surface area (Å²) in [5.74, 6) is 0.292. The third-order valence-corrected chi connectivity index (χ3v) is 5.27. The Morgan fingerprint density at radius 2 is 1.71 bits per heavy atom. The van der Waals surface area contributed by atoms with Crippen LogP contribution in [0.25, 0.3) is 0 Å². The molecule has 0 radical (unpaired) electrons. The Morgan fingerprint density at radius 1 is 1.07 bits per heavy atom. The summed E-state index contributed by atoms with van der Waals surface area (Å²) < 4.78 is 5.29. The van der Waals surface area contributed by atoms with Gasteiger partial charge in [-0.05, 0) is 68.1 Å². The van der Waals surface area contributed by atoms with Gasteiger partial charge in [0.2, 0.25) is 5.91 Å². The number of amides is 2. The molecule has 0 atom stereocenters. The van der Waals surface area contributed by atoms with E-state index in [0.717, 1.165) is 16.8 Å². The predicted molar refractivity (Wildman–Crippen MR) is 111 cm³/mol. The lowest BCUT2D eigenvalue weighted by Crippen LogP contribution is -2.41. The molecule has 6 heteroatoms. The van der Waals surface area contributed by atoms with Crippen LogP contribution in [-0.2, 0) is 4.79 Å². The van der Waals surface area contributed by atoms with E-state index in [9.17, 15) is 9.59 Å². The van der Waals surface area contributed by atoms with Gasteiger partial charge in [0.1, 0.15) is 5.75 Å². The summed E-state index contributed by atoms with van der Waals surface area (Å²) in [5.41, 5.74) is 3.51. The van der Waals surface area contributed by atoms with E-state index in [1.165, 1.54) is 7.11 Å². The molecule has 2 aromatic carbocycles. The number of ether oxygens (including phenoxy) is 1. The standard InChI is InChI=1S/C22H25ClN2O3/c1-14-10-15(2)12-18(11-14)24-21(26)16-6-8-25(9-7-16)22(27)19-13-17(23)4-5-20(19)28-3/h4-5,10-13,16H,6-9H2,1-3H3,(H,24,26). The first-order chi connectivity index (χ1) is 13.4. The van der Waals surface area contributed by atoms with E-state index in [1.807, 2.05) is 26.0 Å². The molecule has 1 aliphatic heterocycles. The van der Waals surface area contributed by atoms with Crippen LogP contribution in [0.1, 0.15) is 34.3 Å². The van der Waals surface area contributed by atoms with Crippen LogP contribution < -0.4 is 10.1 Å². The van der Waals surface area contributed by atoms with Crippen molar-refractivity contribution < 1.29 is 14.3 Å². The molecule has 1 heterocycles. The number of hydrogen-bond acceptors (Lipinski definition) is 3. The minimum absolute atomic E-state index is 0.0115. The fourth-order valence-corrected chi connectivity index (χ4v) is 3.83. The van der Waals surface area contributed by atoms with E-state index >= 15 is 0 Å². The van der Waals surface area contributed by atoms with Crippen LogP contribution >= 0.6 is 11.6 Å². The summed E-state index contributed by atoms with van der Waals surface area (Å²) in [6.07, 6.45) is 1.26. The van der Waals surface area contributed by atoms with Gasteiger partial charge in [-0.3, -0.25) is 9.59 Å². The second kappa shape index (κ2) is 8.65. The number of likely N-dealkylation sites (tertiary alicyclic amines) is 1. The minimum Gasteiger partial charge on any atom is -0.496 e. The smallest absolute Gasteiger partial charge is 0.257 e. The number of nitrogens with one attached hydrogen (secondary N) is 1. The number of rotatable bonds is 4. The number of piperidine rings is 1. The number of anilines is 1. The van der Waals surface area contributed by atoms with Crippen molar-refractivity contribution in [1.82, 2.24) is 4.90 Å². The molecule has 0 aromatic heterocycles. The average Bonchev–Trinajstić information content (AvgIpc) is 2.66. The topological polar surface area (TPSA) is 58.6 Å². The van der Waals surface area contributed by atoms with Crippen LogP contribution in [0.2, 0.25) is 5.02 Å². The Morgan fingerprint density at radius 3 is 2.32 bits per heavy atom. The van der Waals surface area contributed by atoms with Crippen LogP contribution in [0.4, 0.5) is 5.69 Å². The molecule has 0 spiro atoms. The van der Waals surface area contributed by atoms with Crippen LogP contribution in [-0.4, -0.2) is 36.9 Å². The monoisotopic (exact) mass is 400 g/mol. The average molecular weight is 401 g/mol. The number of benzene rings is 2. The van der Waals surface area contributed by atoms with Crippen LogP contribution in [0, 0.1) is 19.8 Å². The number of aryl methyl sites for hydroxylation is 2. The summed E-state index contributed by atoms with van der Waals surface area (Å²) >= 11 is 6.04. The zero-order valence-electron chi connectivity index (χ0n) is 16.4. The summed E-state index contributed by atoms with van der Waals surface area (Å²) in [7, 11) is 1.53. The van der Waals surface area contributed by atoms with Gasteiger partial charge in [0, 0.05) is 29.7 Å². The first-order valence-electron chi connectivity index (χ1n) is 9.39. The fourth-order valence-electron chi connectivity index (χ4n) is 3.65. The maximum absolute atomic E-state index is 12.9.